The number of unbranched alkanes of at least 4 members (excludes halogenated alkanes) is 6. The van der Waals surface area contributed by atoms with Crippen LogP contribution in [0.3, 0.4) is 0 Å². The fraction of sp³-hybridized carbons (Fsp3) is 0.737. The zero-order valence-corrected chi connectivity index (χ0v) is 14.3. The van der Waals surface area contributed by atoms with E-state index >= 15 is 0 Å². The van der Waals surface area contributed by atoms with Crippen molar-refractivity contribution in [1.29, 1.82) is 0 Å². The summed E-state index contributed by atoms with van der Waals surface area (Å²) in [5.74, 6) is 10.4. The zero-order chi connectivity index (χ0) is 16.6. The molecule has 22 heavy (non-hydrogen) atoms. The molecule has 0 aromatic carbocycles. The Labute approximate surface area is 135 Å². The minimum atomic E-state index is -0.612. The summed E-state index contributed by atoms with van der Waals surface area (Å²) < 4.78 is 4.98. The number of carbonyl (C=O) groups excluding carboxylic acids is 1. The second-order valence-electron chi connectivity index (χ2n) is 5.47. The fourth-order valence-electron chi connectivity index (χ4n) is 2.02. The van der Waals surface area contributed by atoms with Crippen LogP contribution in [-0.2, 0) is 9.53 Å². The van der Waals surface area contributed by atoms with Crippen molar-refractivity contribution >= 4 is 5.97 Å². The molecule has 1 N–H and O–H groups in total. The fourth-order valence-corrected chi connectivity index (χ4v) is 2.02. The van der Waals surface area contributed by atoms with Crippen LogP contribution in [0.25, 0.3) is 0 Å². The van der Waals surface area contributed by atoms with Gasteiger partial charge < -0.3 is 9.84 Å². The largest absolute Gasteiger partial charge is 0.449 e. The predicted octanol–water partition coefficient (Wildman–Crippen LogP) is 3.84. The molecular weight excluding hydrogens is 276 g/mol. The second kappa shape index (κ2) is 14.5. The van der Waals surface area contributed by atoms with E-state index < -0.39 is 12.2 Å². The summed E-state index contributed by atoms with van der Waals surface area (Å²) in [5, 5.41) is 9.73. The molecule has 124 valence electrons. The Hall–Kier alpha value is -1.45. The summed E-state index contributed by atoms with van der Waals surface area (Å²) in [5.41, 5.74) is 0. The van der Waals surface area contributed by atoms with Gasteiger partial charge in [0.25, 0.3) is 0 Å². The summed E-state index contributed by atoms with van der Waals surface area (Å²) in [6.45, 7) is 5.47. The number of hydrogen-bond acceptors (Lipinski definition) is 3. The van der Waals surface area contributed by atoms with Gasteiger partial charge in [-0.3, -0.25) is 4.79 Å². The third-order valence-electron chi connectivity index (χ3n) is 3.29. The lowest BCUT2D eigenvalue weighted by atomic mass is 10.1. The Bertz CT molecular complexity index is 406. The van der Waals surface area contributed by atoms with Crippen molar-refractivity contribution in [3.05, 3.63) is 0 Å². The summed E-state index contributed by atoms with van der Waals surface area (Å²) in [6, 6.07) is 0. The van der Waals surface area contributed by atoms with Crippen molar-refractivity contribution in [3.63, 3.8) is 0 Å². The summed E-state index contributed by atoms with van der Waals surface area (Å²) in [4.78, 5) is 10.8. The van der Waals surface area contributed by atoms with Gasteiger partial charge in [0.05, 0.1) is 0 Å². The molecule has 0 aliphatic heterocycles. The van der Waals surface area contributed by atoms with Crippen molar-refractivity contribution in [2.24, 2.45) is 0 Å². The molecule has 0 aliphatic carbocycles. The van der Waals surface area contributed by atoms with E-state index in [2.05, 4.69) is 30.6 Å². The molecule has 0 aromatic rings. The number of ether oxygens (including phenoxy) is 1. The molecule has 0 saturated heterocycles. The minimum Gasteiger partial charge on any atom is -0.449 e. The molecule has 3 nitrogen and oxygen atoms in total. The Morgan fingerprint density at radius 2 is 1.59 bits per heavy atom. The van der Waals surface area contributed by atoms with E-state index in [1.807, 2.05) is 6.92 Å². The van der Waals surface area contributed by atoms with Gasteiger partial charge in [-0.25, -0.2) is 0 Å². The quantitative estimate of drug-likeness (QED) is 0.379. The summed E-state index contributed by atoms with van der Waals surface area (Å²) in [6.07, 6.45) is 8.89. The van der Waals surface area contributed by atoms with Crippen molar-refractivity contribution in [2.75, 3.05) is 0 Å². The summed E-state index contributed by atoms with van der Waals surface area (Å²) >= 11 is 0. The maximum Gasteiger partial charge on any atom is 0.303 e. The predicted molar refractivity (Wildman–Crippen MR) is 90.0 cm³/mol. The van der Waals surface area contributed by atoms with Crippen molar-refractivity contribution < 1.29 is 14.6 Å². The highest BCUT2D eigenvalue weighted by Crippen LogP contribution is 2.09. The van der Waals surface area contributed by atoms with Crippen LogP contribution in [0.15, 0.2) is 0 Å². The maximum absolute atomic E-state index is 10.8. The smallest absolute Gasteiger partial charge is 0.303 e. The van der Waals surface area contributed by atoms with E-state index in [0.29, 0.717) is 12.8 Å². The van der Waals surface area contributed by atoms with Gasteiger partial charge in [-0.1, -0.05) is 58.3 Å². The first-order valence-electron chi connectivity index (χ1n) is 8.46. The highest BCUT2D eigenvalue weighted by Gasteiger charge is 2.04. The zero-order valence-electron chi connectivity index (χ0n) is 14.3. The van der Waals surface area contributed by atoms with Crippen LogP contribution >= 0.6 is 0 Å². The highest BCUT2D eigenvalue weighted by atomic mass is 16.5. The third-order valence-corrected chi connectivity index (χ3v) is 3.29. The normalized spacial score (nSPS) is 12.4. The standard InChI is InChI=1S/C19H30O3/c1-4-6-7-8-9-10-11-14-18(21)15-12-13-16-19(5-2)22-17(3)20/h18-19,21H,4-11,14H2,1-3H3/t18-,19-/m1/s1. The van der Waals surface area contributed by atoms with E-state index in [4.69, 9.17) is 4.74 Å². The van der Waals surface area contributed by atoms with Crippen LogP contribution < -0.4 is 0 Å². The Morgan fingerprint density at radius 3 is 2.18 bits per heavy atom. The maximum atomic E-state index is 10.8. The molecular formula is C19H30O3. The van der Waals surface area contributed by atoms with E-state index in [0.717, 1.165) is 12.8 Å². The summed E-state index contributed by atoms with van der Waals surface area (Å²) in [7, 11) is 0. The van der Waals surface area contributed by atoms with E-state index in [9.17, 15) is 9.90 Å². The van der Waals surface area contributed by atoms with E-state index in [1.54, 1.807) is 0 Å². The van der Waals surface area contributed by atoms with Gasteiger partial charge in [0, 0.05) is 6.92 Å². The molecule has 0 amide bonds. The third kappa shape index (κ3) is 13.5. The van der Waals surface area contributed by atoms with Gasteiger partial charge in [-0.2, -0.15) is 0 Å². The van der Waals surface area contributed by atoms with Gasteiger partial charge in [0.15, 0.2) is 6.10 Å². The minimum absolute atomic E-state index is 0.340. The first kappa shape index (κ1) is 20.6. The molecule has 0 rings (SSSR count). The van der Waals surface area contributed by atoms with Crippen LogP contribution in [0.1, 0.15) is 78.6 Å². The average Bonchev–Trinajstić information content (AvgIpc) is 2.49. The molecule has 2 atom stereocenters. The number of rotatable bonds is 10. The lowest BCUT2D eigenvalue weighted by Crippen LogP contribution is -2.12. The van der Waals surface area contributed by atoms with Crippen LogP contribution in [0, 0.1) is 23.7 Å². The van der Waals surface area contributed by atoms with Crippen LogP contribution in [-0.4, -0.2) is 23.3 Å². The van der Waals surface area contributed by atoms with Crippen LogP contribution in [0.4, 0.5) is 0 Å². The Balaban J connectivity index is 3.84. The van der Waals surface area contributed by atoms with Crippen LogP contribution in [0.2, 0.25) is 0 Å². The van der Waals surface area contributed by atoms with Gasteiger partial charge in [-0.05, 0) is 37.0 Å². The number of aliphatic hydroxyl groups is 1. The van der Waals surface area contributed by atoms with Crippen molar-refractivity contribution in [3.8, 4) is 23.7 Å². The van der Waals surface area contributed by atoms with E-state index in [1.165, 1.54) is 39.0 Å². The van der Waals surface area contributed by atoms with Gasteiger partial charge in [0.2, 0.25) is 0 Å². The molecule has 0 aliphatic rings. The average molecular weight is 306 g/mol. The molecule has 0 unspecified atom stereocenters. The molecule has 0 fully saturated rings. The molecule has 0 heterocycles. The van der Waals surface area contributed by atoms with Gasteiger partial charge in [-0.15, -0.1) is 0 Å². The molecule has 3 heteroatoms. The van der Waals surface area contributed by atoms with Crippen molar-refractivity contribution in [1.82, 2.24) is 0 Å². The number of carbonyl (C=O) groups is 1. The van der Waals surface area contributed by atoms with Crippen molar-refractivity contribution in [2.45, 2.75) is 90.8 Å². The first-order valence-corrected chi connectivity index (χ1v) is 8.46. The lowest BCUT2D eigenvalue weighted by Gasteiger charge is -2.06. The molecule has 0 bridgehead atoms. The van der Waals surface area contributed by atoms with Crippen LogP contribution in [0.5, 0.6) is 0 Å². The monoisotopic (exact) mass is 306 g/mol. The first-order chi connectivity index (χ1) is 10.6. The van der Waals surface area contributed by atoms with E-state index in [-0.39, 0.29) is 5.97 Å². The number of hydrogen-bond donors (Lipinski definition) is 1. The Kier molecular flexibility index (Phi) is 13.5. The Morgan fingerprint density at radius 1 is 1.00 bits per heavy atom. The number of esters is 1. The SMILES string of the molecule is CCCCCCCCC[C@@H](O)C#CC#C[C@@H](CC)OC(C)=O. The highest BCUT2D eigenvalue weighted by molar-refractivity contribution is 5.66. The molecule has 0 radical (unpaired) electrons. The van der Waals surface area contributed by atoms with Gasteiger partial charge >= 0.3 is 5.97 Å². The molecule has 0 saturated carbocycles. The molecule has 0 spiro atoms. The lowest BCUT2D eigenvalue weighted by molar-refractivity contribution is -0.143. The number of aliphatic hydroxyl groups excluding tert-OH is 1. The van der Waals surface area contributed by atoms with Gasteiger partial charge in [0.1, 0.15) is 6.10 Å². The second-order valence-corrected chi connectivity index (χ2v) is 5.47. The topological polar surface area (TPSA) is 46.5 Å². The molecule has 0 aromatic heterocycles.